The number of benzene rings is 2. The van der Waals surface area contributed by atoms with Crippen molar-refractivity contribution in [1.29, 1.82) is 0 Å². The van der Waals surface area contributed by atoms with E-state index in [1.807, 2.05) is 19.1 Å². The highest BCUT2D eigenvalue weighted by Crippen LogP contribution is 2.36. The highest BCUT2D eigenvalue weighted by atomic mass is 19.4. The summed E-state index contributed by atoms with van der Waals surface area (Å²) in [4.78, 5) is 0. The molecule has 2 aromatic carbocycles. The summed E-state index contributed by atoms with van der Waals surface area (Å²) >= 11 is 0. The third-order valence-corrected chi connectivity index (χ3v) is 3.12. The van der Waals surface area contributed by atoms with Gasteiger partial charge >= 0.3 is 6.18 Å². The van der Waals surface area contributed by atoms with Crippen molar-refractivity contribution in [3.63, 3.8) is 0 Å². The van der Waals surface area contributed by atoms with Crippen LogP contribution in [0.15, 0.2) is 48.5 Å². The zero-order chi connectivity index (χ0) is 14.0. The van der Waals surface area contributed by atoms with Gasteiger partial charge < -0.3 is 5.73 Å². The number of alkyl halides is 3. The van der Waals surface area contributed by atoms with Crippen LogP contribution >= 0.6 is 0 Å². The molecule has 4 heteroatoms. The Morgan fingerprint density at radius 1 is 0.895 bits per heavy atom. The number of rotatable bonds is 2. The van der Waals surface area contributed by atoms with Crippen LogP contribution in [0.4, 0.5) is 13.2 Å². The maximum Gasteiger partial charge on any atom is 0.416 e. The highest BCUT2D eigenvalue weighted by Gasteiger charge is 2.34. The summed E-state index contributed by atoms with van der Waals surface area (Å²) in [5, 5.41) is 0. The van der Waals surface area contributed by atoms with Gasteiger partial charge in [0.05, 0.1) is 11.6 Å². The first-order valence-electron chi connectivity index (χ1n) is 5.88. The summed E-state index contributed by atoms with van der Waals surface area (Å²) in [5.41, 5.74) is 7.03. The van der Waals surface area contributed by atoms with Crippen molar-refractivity contribution >= 4 is 0 Å². The van der Waals surface area contributed by atoms with E-state index in [9.17, 15) is 13.2 Å². The number of nitrogens with two attached hydrogens (primary N) is 1. The molecule has 0 bridgehead atoms. The molecule has 2 N–H and O–H groups in total. The average Bonchev–Trinajstić information content (AvgIpc) is 2.37. The van der Waals surface area contributed by atoms with Crippen LogP contribution in [-0.4, -0.2) is 0 Å². The normalized spacial score (nSPS) is 13.3. The van der Waals surface area contributed by atoms with Crippen molar-refractivity contribution in [2.75, 3.05) is 0 Å². The Hall–Kier alpha value is -1.81. The largest absolute Gasteiger partial charge is 0.416 e. The molecule has 0 aliphatic rings. The predicted molar refractivity (Wildman–Crippen MR) is 68.7 cm³/mol. The van der Waals surface area contributed by atoms with Gasteiger partial charge in [-0.05, 0) is 29.7 Å². The van der Waals surface area contributed by atoms with Crippen molar-refractivity contribution in [2.24, 2.45) is 5.73 Å². The molecule has 0 aromatic heterocycles. The first-order chi connectivity index (χ1) is 8.91. The van der Waals surface area contributed by atoms with Gasteiger partial charge in [-0.15, -0.1) is 0 Å². The van der Waals surface area contributed by atoms with E-state index in [-0.39, 0.29) is 5.56 Å². The van der Waals surface area contributed by atoms with Gasteiger partial charge in [0.2, 0.25) is 0 Å². The predicted octanol–water partition coefficient (Wildman–Crippen LogP) is 4.06. The number of hydrogen-bond acceptors (Lipinski definition) is 1. The standard InChI is InChI=1S/C15H14F3N/c1-10-6-2-3-7-11(10)14(19)12-8-4-5-9-13(12)15(16,17)18/h2-9,14H,19H2,1H3. The summed E-state index contributed by atoms with van der Waals surface area (Å²) in [5.74, 6) is 0. The van der Waals surface area contributed by atoms with Crippen LogP contribution in [0.5, 0.6) is 0 Å². The SMILES string of the molecule is Cc1ccccc1C(N)c1ccccc1C(F)(F)F. The molecule has 0 heterocycles. The van der Waals surface area contributed by atoms with Gasteiger partial charge in [-0.2, -0.15) is 13.2 Å². The van der Waals surface area contributed by atoms with E-state index in [0.717, 1.165) is 11.6 Å². The van der Waals surface area contributed by atoms with E-state index >= 15 is 0 Å². The molecule has 2 aromatic rings. The van der Waals surface area contributed by atoms with Crippen molar-refractivity contribution in [3.8, 4) is 0 Å². The second-order valence-corrected chi connectivity index (χ2v) is 4.42. The number of halogens is 3. The molecule has 1 nitrogen and oxygen atoms in total. The molecule has 0 saturated carbocycles. The maximum absolute atomic E-state index is 13.0. The topological polar surface area (TPSA) is 26.0 Å². The number of aryl methyl sites for hydroxylation is 1. The number of hydrogen-bond donors (Lipinski definition) is 1. The van der Waals surface area contributed by atoms with Crippen LogP contribution in [0.3, 0.4) is 0 Å². The molecule has 0 fully saturated rings. The fourth-order valence-corrected chi connectivity index (χ4v) is 2.13. The van der Waals surface area contributed by atoms with Crippen LogP contribution in [0.1, 0.15) is 28.3 Å². The lowest BCUT2D eigenvalue weighted by atomic mass is 9.92. The molecule has 19 heavy (non-hydrogen) atoms. The van der Waals surface area contributed by atoms with Gasteiger partial charge in [-0.25, -0.2) is 0 Å². The maximum atomic E-state index is 13.0. The van der Waals surface area contributed by atoms with Crippen LogP contribution in [0, 0.1) is 6.92 Å². The van der Waals surface area contributed by atoms with Crippen molar-refractivity contribution in [3.05, 3.63) is 70.8 Å². The average molecular weight is 265 g/mol. The zero-order valence-electron chi connectivity index (χ0n) is 10.4. The molecule has 100 valence electrons. The van der Waals surface area contributed by atoms with Crippen molar-refractivity contribution in [2.45, 2.75) is 19.1 Å². The second kappa shape index (κ2) is 5.05. The first-order valence-corrected chi connectivity index (χ1v) is 5.88. The summed E-state index contributed by atoms with van der Waals surface area (Å²) in [6.45, 7) is 1.84. The van der Waals surface area contributed by atoms with Crippen LogP contribution in [0.2, 0.25) is 0 Å². The third kappa shape index (κ3) is 2.79. The lowest BCUT2D eigenvalue weighted by Gasteiger charge is -2.20. The summed E-state index contributed by atoms with van der Waals surface area (Å²) < 4.78 is 38.9. The van der Waals surface area contributed by atoms with Crippen molar-refractivity contribution in [1.82, 2.24) is 0 Å². The van der Waals surface area contributed by atoms with Gasteiger partial charge in [0.15, 0.2) is 0 Å². The Morgan fingerprint density at radius 2 is 1.42 bits per heavy atom. The smallest absolute Gasteiger partial charge is 0.320 e. The summed E-state index contributed by atoms with van der Waals surface area (Å²) in [7, 11) is 0. The van der Waals surface area contributed by atoms with Crippen LogP contribution in [0.25, 0.3) is 0 Å². The van der Waals surface area contributed by atoms with Gasteiger partial charge in [-0.1, -0.05) is 42.5 Å². The molecule has 0 aliphatic heterocycles. The van der Waals surface area contributed by atoms with Crippen LogP contribution < -0.4 is 5.73 Å². The highest BCUT2D eigenvalue weighted by molar-refractivity contribution is 5.41. The Morgan fingerprint density at radius 3 is 2.00 bits per heavy atom. The monoisotopic (exact) mass is 265 g/mol. The minimum atomic E-state index is -4.39. The van der Waals surface area contributed by atoms with E-state index in [0.29, 0.717) is 5.56 Å². The molecular formula is C15H14F3N. The fourth-order valence-electron chi connectivity index (χ4n) is 2.13. The molecule has 0 spiro atoms. The van der Waals surface area contributed by atoms with Crippen molar-refractivity contribution < 1.29 is 13.2 Å². The molecule has 0 radical (unpaired) electrons. The summed E-state index contributed by atoms with van der Waals surface area (Å²) in [6, 6.07) is 11.9. The molecule has 2 rings (SSSR count). The molecule has 0 amide bonds. The molecule has 1 unspecified atom stereocenters. The Bertz CT molecular complexity index is 576. The van der Waals surface area contributed by atoms with Gasteiger partial charge in [0.1, 0.15) is 0 Å². The molecule has 0 aliphatic carbocycles. The quantitative estimate of drug-likeness (QED) is 0.870. The van der Waals surface area contributed by atoms with E-state index in [1.54, 1.807) is 18.2 Å². The van der Waals surface area contributed by atoms with Crippen LogP contribution in [-0.2, 0) is 6.18 Å². The Labute approximate surface area is 109 Å². The fraction of sp³-hybridized carbons (Fsp3) is 0.200. The zero-order valence-corrected chi connectivity index (χ0v) is 10.4. The minimum absolute atomic E-state index is 0.101. The molecule has 1 atom stereocenters. The van der Waals surface area contributed by atoms with E-state index in [2.05, 4.69) is 0 Å². The Balaban J connectivity index is 2.51. The Kier molecular flexibility index (Phi) is 3.62. The molecule has 0 saturated heterocycles. The molecular weight excluding hydrogens is 251 g/mol. The van der Waals surface area contributed by atoms with E-state index in [4.69, 9.17) is 5.73 Å². The second-order valence-electron chi connectivity index (χ2n) is 4.42. The van der Waals surface area contributed by atoms with Gasteiger partial charge in [-0.3, -0.25) is 0 Å². The van der Waals surface area contributed by atoms with Gasteiger partial charge in [0, 0.05) is 0 Å². The first kappa shape index (κ1) is 13.6. The lowest BCUT2D eigenvalue weighted by molar-refractivity contribution is -0.138. The summed E-state index contributed by atoms with van der Waals surface area (Å²) in [6.07, 6.45) is -4.39. The van der Waals surface area contributed by atoms with E-state index in [1.165, 1.54) is 12.1 Å². The van der Waals surface area contributed by atoms with Gasteiger partial charge in [0.25, 0.3) is 0 Å². The third-order valence-electron chi connectivity index (χ3n) is 3.12. The minimum Gasteiger partial charge on any atom is -0.320 e. The van der Waals surface area contributed by atoms with E-state index < -0.39 is 17.8 Å². The lowest BCUT2D eigenvalue weighted by Crippen LogP contribution is -2.19.